The van der Waals surface area contributed by atoms with Crippen molar-refractivity contribution in [3.8, 4) is 0 Å². The lowest BCUT2D eigenvalue weighted by atomic mass is 10.1. The molecule has 0 fully saturated rings. The van der Waals surface area contributed by atoms with E-state index in [2.05, 4.69) is 0 Å². The largest absolute Gasteiger partial charge is 0.481 e. The maximum absolute atomic E-state index is 10.1. The molecule has 0 radical (unpaired) electrons. The van der Waals surface area contributed by atoms with E-state index < -0.39 is 24.3 Å². The SMILES string of the molecule is N=CC(CC(=O)O)C(=O)O. The van der Waals surface area contributed by atoms with Crippen LogP contribution < -0.4 is 0 Å². The zero-order valence-electron chi connectivity index (χ0n) is 5.07. The van der Waals surface area contributed by atoms with Gasteiger partial charge >= 0.3 is 11.9 Å². The van der Waals surface area contributed by atoms with E-state index in [9.17, 15) is 9.59 Å². The first-order valence-electron chi connectivity index (χ1n) is 2.53. The fraction of sp³-hybridized carbons (Fsp3) is 0.400. The van der Waals surface area contributed by atoms with Crippen molar-refractivity contribution in [1.82, 2.24) is 0 Å². The summed E-state index contributed by atoms with van der Waals surface area (Å²) in [6.45, 7) is 0. The molecule has 0 aromatic carbocycles. The third-order valence-electron chi connectivity index (χ3n) is 0.913. The summed E-state index contributed by atoms with van der Waals surface area (Å²) in [4.78, 5) is 20.0. The Hall–Kier alpha value is -1.39. The van der Waals surface area contributed by atoms with Gasteiger partial charge in [-0.1, -0.05) is 0 Å². The molecule has 0 bridgehead atoms. The van der Waals surface area contributed by atoms with Gasteiger partial charge in [0.05, 0.1) is 6.42 Å². The summed E-state index contributed by atoms with van der Waals surface area (Å²) in [5.74, 6) is -3.69. The van der Waals surface area contributed by atoms with Gasteiger partial charge in [0.15, 0.2) is 0 Å². The summed E-state index contributed by atoms with van der Waals surface area (Å²) in [5.41, 5.74) is 0. The number of hydrogen-bond acceptors (Lipinski definition) is 3. The minimum atomic E-state index is -1.28. The lowest BCUT2D eigenvalue weighted by Gasteiger charge is -1.99. The Kier molecular flexibility index (Phi) is 3.10. The Labute approximate surface area is 56.8 Å². The van der Waals surface area contributed by atoms with Crippen LogP contribution in [0, 0.1) is 11.3 Å². The van der Waals surface area contributed by atoms with Crippen molar-refractivity contribution in [2.45, 2.75) is 6.42 Å². The Balaban J connectivity index is 3.96. The summed E-state index contributed by atoms with van der Waals surface area (Å²) >= 11 is 0. The van der Waals surface area contributed by atoms with Crippen LogP contribution in [0.3, 0.4) is 0 Å². The van der Waals surface area contributed by atoms with Gasteiger partial charge in [-0.2, -0.15) is 0 Å². The standard InChI is InChI=1S/C5H7NO4/c6-2-3(5(9)10)1-4(7)8/h2-3,6H,1H2,(H,7,8)(H,9,10). The van der Waals surface area contributed by atoms with Crippen molar-refractivity contribution in [2.24, 2.45) is 5.92 Å². The van der Waals surface area contributed by atoms with Gasteiger partial charge < -0.3 is 15.6 Å². The van der Waals surface area contributed by atoms with E-state index in [1.54, 1.807) is 0 Å². The van der Waals surface area contributed by atoms with Gasteiger partial charge in [-0.05, 0) is 0 Å². The fourth-order valence-corrected chi connectivity index (χ4v) is 0.406. The van der Waals surface area contributed by atoms with E-state index in [1.807, 2.05) is 0 Å². The van der Waals surface area contributed by atoms with Crippen LogP contribution in [-0.4, -0.2) is 28.4 Å². The Morgan fingerprint density at radius 2 is 2.00 bits per heavy atom. The summed E-state index contributed by atoms with van der Waals surface area (Å²) in [7, 11) is 0. The van der Waals surface area contributed by atoms with Crippen molar-refractivity contribution in [3.05, 3.63) is 0 Å². The molecule has 0 amide bonds. The van der Waals surface area contributed by atoms with Gasteiger partial charge in [0.25, 0.3) is 0 Å². The Morgan fingerprint density at radius 1 is 1.50 bits per heavy atom. The number of hydrogen-bond donors (Lipinski definition) is 3. The second kappa shape index (κ2) is 3.60. The highest BCUT2D eigenvalue weighted by Gasteiger charge is 2.17. The maximum Gasteiger partial charge on any atom is 0.312 e. The normalized spacial score (nSPS) is 12.0. The van der Waals surface area contributed by atoms with Crippen LogP contribution in [0.5, 0.6) is 0 Å². The van der Waals surface area contributed by atoms with Crippen LogP contribution >= 0.6 is 0 Å². The number of carboxylic acids is 2. The van der Waals surface area contributed by atoms with Crippen LogP contribution in [0.2, 0.25) is 0 Å². The zero-order valence-corrected chi connectivity index (χ0v) is 5.07. The summed E-state index contributed by atoms with van der Waals surface area (Å²) in [6, 6.07) is 0. The molecular formula is C5H7NO4. The van der Waals surface area contributed by atoms with E-state index in [0.717, 1.165) is 0 Å². The molecule has 0 aliphatic rings. The van der Waals surface area contributed by atoms with Crippen molar-refractivity contribution in [1.29, 1.82) is 5.41 Å². The summed E-state index contributed by atoms with van der Waals surface area (Å²) in [6.07, 6.45) is 0.0787. The molecule has 1 atom stereocenters. The van der Waals surface area contributed by atoms with E-state index in [4.69, 9.17) is 15.6 Å². The Bertz CT molecular complexity index is 165. The van der Waals surface area contributed by atoms with Crippen LogP contribution in [0.15, 0.2) is 0 Å². The number of carbonyl (C=O) groups is 2. The van der Waals surface area contributed by atoms with Gasteiger partial charge in [0.1, 0.15) is 5.92 Å². The third kappa shape index (κ3) is 2.81. The molecule has 10 heavy (non-hydrogen) atoms. The van der Waals surface area contributed by atoms with Gasteiger partial charge in [-0.15, -0.1) is 0 Å². The van der Waals surface area contributed by atoms with Crippen LogP contribution in [0.1, 0.15) is 6.42 Å². The van der Waals surface area contributed by atoms with E-state index in [-0.39, 0.29) is 0 Å². The monoisotopic (exact) mass is 145 g/mol. The molecule has 0 aliphatic heterocycles. The molecule has 0 saturated carbocycles. The molecule has 3 N–H and O–H groups in total. The zero-order chi connectivity index (χ0) is 8.15. The molecular weight excluding hydrogens is 138 g/mol. The highest BCUT2D eigenvalue weighted by Crippen LogP contribution is 1.98. The number of rotatable bonds is 4. The average Bonchev–Trinajstić information content (AvgIpc) is 1.81. The molecule has 56 valence electrons. The van der Waals surface area contributed by atoms with E-state index in [0.29, 0.717) is 6.21 Å². The molecule has 0 spiro atoms. The lowest BCUT2D eigenvalue weighted by Crippen LogP contribution is -2.18. The van der Waals surface area contributed by atoms with E-state index >= 15 is 0 Å². The fourth-order valence-electron chi connectivity index (χ4n) is 0.406. The van der Waals surface area contributed by atoms with Crippen molar-refractivity contribution in [3.63, 3.8) is 0 Å². The number of nitrogens with one attached hydrogen (secondary N) is 1. The highest BCUT2D eigenvalue weighted by molar-refractivity contribution is 5.91. The minimum absolute atomic E-state index is 0.529. The van der Waals surface area contributed by atoms with Gasteiger partial charge in [0.2, 0.25) is 0 Å². The lowest BCUT2D eigenvalue weighted by molar-refractivity contribution is -0.145. The summed E-state index contributed by atoms with van der Waals surface area (Å²) in [5, 5.41) is 22.8. The molecule has 0 aromatic rings. The molecule has 5 heteroatoms. The molecule has 0 aliphatic carbocycles. The maximum atomic E-state index is 10.1. The van der Waals surface area contributed by atoms with Crippen molar-refractivity contribution in [2.75, 3.05) is 0 Å². The van der Waals surface area contributed by atoms with Crippen molar-refractivity contribution < 1.29 is 19.8 Å². The molecule has 0 rings (SSSR count). The molecule has 0 aromatic heterocycles. The predicted molar refractivity (Wildman–Crippen MR) is 32.2 cm³/mol. The van der Waals surface area contributed by atoms with Crippen LogP contribution in [-0.2, 0) is 9.59 Å². The topological polar surface area (TPSA) is 98.5 Å². The average molecular weight is 145 g/mol. The number of aliphatic carboxylic acids is 2. The molecule has 5 nitrogen and oxygen atoms in total. The van der Waals surface area contributed by atoms with Gasteiger partial charge in [0, 0.05) is 6.21 Å². The quantitative estimate of drug-likeness (QED) is 0.477. The third-order valence-corrected chi connectivity index (χ3v) is 0.913. The Morgan fingerprint density at radius 3 is 2.10 bits per heavy atom. The molecule has 1 unspecified atom stereocenters. The second-order valence-electron chi connectivity index (χ2n) is 1.71. The second-order valence-corrected chi connectivity index (χ2v) is 1.71. The first-order chi connectivity index (χ1) is 4.57. The predicted octanol–water partition coefficient (Wildman–Crippen LogP) is -0.189. The number of carboxylic acid groups (broad SMARTS) is 2. The van der Waals surface area contributed by atoms with Gasteiger partial charge in [-0.3, -0.25) is 9.59 Å². The minimum Gasteiger partial charge on any atom is -0.481 e. The highest BCUT2D eigenvalue weighted by atomic mass is 16.4. The van der Waals surface area contributed by atoms with Gasteiger partial charge in [-0.25, -0.2) is 0 Å². The smallest absolute Gasteiger partial charge is 0.312 e. The van der Waals surface area contributed by atoms with E-state index in [1.165, 1.54) is 0 Å². The molecule has 0 heterocycles. The first-order valence-corrected chi connectivity index (χ1v) is 2.53. The summed E-state index contributed by atoms with van der Waals surface area (Å²) < 4.78 is 0. The first kappa shape index (κ1) is 8.61. The molecule has 0 saturated heterocycles. The van der Waals surface area contributed by atoms with Crippen molar-refractivity contribution >= 4 is 18.2 Å². The van der Waals surface area contributed by atoms with Crippen LogP contribution in [0.25, 0.3) is 0 Å². The van der Waals surface area contributed by atoms with Crippen LogP contribution in [0.4, 0.5) is 0 Å².